The number of anilines is 3. The number of hydrogen-bond acceptors (Lipinski definition) is 6. The second-order valence-corrected chi connectivity index (χ2v) is 4.38. The topological polar surface area (TPSA) is 99.0 Å². The minimum atomic E-state index is -0.390. The molecule has 3 rings (SSSR count). The first-order chi connectivity index (χ1) is 10.7. The van der Waals surface area contributed by atoms with Crippen molar-refractivity contribution in [3.05, 3.63) is 60.6 Å². The summed E-state index contributed by atoms with van der Waals surface area (Å²) in [5, 5.41) is 6.89. The summed E-state index contributed by atoms with van der Waals surface area (Å²) in [5.41, 5.74) is 6.36. The van der Waals surface area contributed by atoms with E-state index in [4.69, 9.17) is 10.2 Å². The summed E-state index contributed by atoms with van der Waals surface area (Å²) in [4.78, 5) is 16.2. The molecule has 7 nitrogen and oxygen atoms in total. The number of nitrogens with zero attached hydrogens (tertiary/aromatic N) is 3. The van der Waals surface area contributed by atoms with Crippen LogP contribution in [0.25, 0.3) is 6.08 Å². The first kappa shape index (κ1) is 13.6. The van der Waals surface area contributed by atoms with Crippen molar-refractivity contribution in [3.63, 3.8) is 0 Å². The number of carbonyl (C=O) groups excluding carboxylic acids is 1. The Balaban J connectivity index is 1.83. The second-order valence-electron chi connectivity index (χ2n) is 4.38. The Morgan fingerprint density at radius 1 is 1.23 bits per heavy atom. The molecule has 22 heavy (non-hydrogen) atoms. The molecule has 2 aromatic heterocycles. The minimum Gasteiger partial charge on any atom is -0.465 e. The van der Waals surface area contributed by atoms with Gasteiger partial charge in [0, 0.05) is 11.8 Å². The van der Waals surface area contributed by atoms with Gasteiger partial charge in [0.1, 0.15) is 5.76 Å². The number of nitrogen functional groups attached to an aromatic ring is 1. The van der Waals surface area contributed by atoms with E-state index >= 15 is 0 Å². The smallest absolute Gasteiger partial charge is 0.274 e. The number of allylic oxidation sites excluding steroid dienone is 1. The van der Waals surface area contributed by atoms with Crippen molar-refractivity contribution >= 4 is 29.6 Å². The fourth-order valence-corrected chi connectivity index (χ4v) is 1.82. The quantitative estimate of drug-likeness (QED) is 0.718. The number of benzene rings is 1. The second kappa shape index (κ2) is 5.96. The number of aromatic nitrogens is 3. The fraction of sp³-hybridized carbons (Fsp3) is 0. The van der Waals surface area contributed by atoms with Crippen LogP contribution in [-0.2, 0) is 0 Å². The number of rotatable bonds is 4. The number of carbonyl (C=O) groups is 1. The van der Waals surface area contributed by atoms with E-state index in [-0.39, 0.29) is 17.8 Å². The number of nitrogens with one attached hydrogen (secondary N) is 1. The zero-order valence-electron chi connectivity index (χ0n) is 11.5. The molecular weight excluding hydrogens is 282 g/mol. The molecular formula is C15H13N5O2. The first-order valence-corrected chi connectivity index (χ1v) is 6.53. The molecule has 7 heteroatoms. The van der Waals surface area contributed by atoms with E-state index in [1.807, 2.05) is 30.3 Å². The maximum atomic E-state index is 12.2. The minimum absolute atomic E-state index is 0.0122. The fourth-order valence-electron chi connectivity index (χ4n) is 1.82. The van der Waals surface area contributed by atoms with E-state index < -0.39 is 0 Å². The van der Waals surface area contributed by atoms with Crippen LogP contribution in [0.4, 0.5) is 17.6 Å². The molecule has 3 aromatic rings. The Hall–Kier alpha value is -3.35. The van der Waals surface area contributed by atoms with Gasteiger partial charge in [-0.05, 0) is 30.3 Å². The SMILES string of the molecule is Nc1nc(Nc2ccccc2)n(C(=O)C=Cc2ccco2)n1. The lowest BCUT2D eigenvalue weighted by molar-refractivity contribution is 0.0958. The van der Waals surface area contributed by atoms with E-state index in [1.165, 1.54) is 12.3 Å². The molecule has 2 heterocycles. The highest BCUT2D eigenvalue weighted by Gasteiger charge is 2.13. The van der Waals surface area contributed by atoms with Crippen molar-refractivity contribution in [2.75, 3.05) is 11.1 Å². The van der Waals surface area contributed by atoms with Gasteiger partial charge in [-0.15, -0.1) is 5.10 Å². The van der Waals surface area contributed by atoms with Crippen LogP contribution in [0.3, 0.4) is 0 Å². The number of para-hydroxylation sites is 1. The summed E-state index contributed by atoms with van der Waals surface area (Å²) in [6, 6.07) is 12.8. The van der Waals surface area contributed by atoms with Crippen molar-refractivity contribution in [1.82, 2.24) is 14.8 Å². The average Bonchev–Trinajstić information content (AvgIpc) is 3.15. The van der Waals surface area contributed by atoms with Crippen LogP contribution in [0.5, 0.6) is 0 Å². The molecule has 0 atom stereocenters. The van der Waals surface area contributed by atoms with Crippen LogP contribution >= 0.6 is 0 Å². The van der Waals surface area contributed by atoms with Crippen LogP contribution in [-0.4, -0.2) is 20.7 Å². The summed E-state index contributed by atoms with van der Waals surface area (Å²) >= 11 is 0. The molecule has 3 N–H and O–H groups in total. The summed E-state index contributed by atoms with van der Waals surface area (Å²) in [7, 11) is 0. The van der Waals surface area contributed by atoms with Crippen LogP contribution in [0, 0.1) is 0 Å². The third-order valence-corrected chi connectivity index (χ3v) is 2.80. The van der Waals surface area contributed by atoms with E-state index in [9.17, 15) is 4.79 Å². The van der Waals surface area contributed by atoms with Crippen molar-refractivity contribution in [2.24, 2.45) is 0 Å². The maximum absolute atomic E-state index is 12.2. The van der Waals surface area contributed by atoms with Crippen LogP contribution < -0.4 is 11.1 Å². The zero-order chi connectivity index (χ0) is 15.4. The zero-order valence-corrected chi connectivity index (χ0v) is 11.5. The van der Waals surface area contributed by atoms with E-state index in [2.05, 4.69) is 15.4 Å². The predicted molar refractivity (Wildman–Crippen MR) is 82.5 cm³/mol. The van der Waals surface area contributed by atoms with Crippen LogP contribution in [0.2, 0.25) is 0 Å². The molecule has 0 saturated carbocycles. The molecule has 1 aromatic carbocycles. The molecule has 0 bridgehead atoms. The van der Waals surface area contributed by atoms with E-state index in [0.717, 1.165) is 10.4 Å². The third kappa shape index (κ3) is 3.04. The highest BCUT2D eigenvalue weighted by Crippen LogP contribution is 2.15. The molecule has 0 aliphatic carbocycles. The monoisotopic (exact) mass is 295 g/mol. The van der Waals surface area contributed by atoms with Gasteiger partial charge >= 0.3 is 0 Å². The number of furan rings is 1. The molecule has 0 radical (unpaired) electrons. The summed E-state index contributed by atoms with van der Waals surface area (Å²) in [5.74, 6) is 0.439. The molecule has 0 aliphatic heterocycles. The molecule has 0 amide bonds. The largest absolute Gasteiger partial charge is 0.465 e. The maximum Gasteiger partial charge on any atom is 0.274 e. The Labute approximate surface area is 126 Å². The molecule has 0 unspecified atom stereocenters. The third-order valence-electron chi connectivity index (χ3n) is 2.80. The molecule has 110 valence electrons. The summed E-state index contributed by atoms with van der Waals surface area (Å²) in [6.07, 6.45) is 4.41. The molecule has 0 fully saturated rings. The van der Waals surface area contributed by atoms with Crippen molar-refractivity contribution in [3.8, 4) is 0 Å². The van der Waals surface area contributed by atoms with Gasteiger partial charge in [0.25, 0.3) is 5.91 Å². The predicted octanol–water partition coefficient (Wildman–Crippen LogP) is 2.55. The lowest BCUT2D eigenvalue weighted by Crippen LogP contribution is -2.12. The highest BCUT2D eigenvalue weighted by atomic mass is 16.3. The van der Waals surface area contributed by atoms with Crippen LogP contribution in [0.15, 0.2) is 59.2 Å². The van der Waals surface area contributed by atoms with Gasteiger partial charge < -0.3 is 15.5 Å². The number of nitrogens with two attached hydrogens (primary N) is 1. The molecule has 0 spiro atoms. The lowest BCUT2D eigenvalue weighted by Gasteiger charge is -2.04. The highest BCUT2D eigenvalue weighted by molar-refractivity contribution is 5.94. The molecule has 0 aliphatic rings. The van der Waals surface area contributed by atoms with E-state index in [1.54, 1.807) is 18.2 Å². The normalized spacial score (nSPS) is 10.9. The van der Waals surface area contributed by atoms with Gasteiger partial charge in [-0.3, -0.25) is 4.79 Å². The van der Waals surface area contributed by atoms with Crippen molar-refractivity contribution in [1.29, 1.82) is 0 Å². The first-order valence-electron chi connectivity index (χ1n) is 6.53. The van der Waals surface area contributed by atoms with Crippen molar-refractivity contribution < 1.29 is 9.21 Å². The summed E-state index contributed by atoms with van der Waals surface area (Å²) in [6.45, 7) is 0. The van der Waals surface area contributed by atoms with Gasteiger partial charge in [0.2, 0.25) is 11.9 Å². The average molecular weight is 295 g/mol. The summed E-state index contributed by atoms with van der Waals surface area (Å²) < 4.78 is 6.23. The van der Waals surface area contributed by atoms with Gasteiger partial charge in [-0.1, -0.05) is 18.2 Å². The van der Waals surface area contributed by atoms with Gasteiger partial charge in [-0.2, -0.15) is 9.67 Å². The Morgan fingerprint density at radius 2 is 2.05 bits per heavy atom. The lowest BCUT2D eigenvalue weighted by atomic mass is 10.3. The Kier molecular flexibility index (Phi) is 3.69. The number of hydrogen-bond donors (Lipinski definition) is 2. The van der Waals surface area contributed by atoms with Crippen LogP contribution in [0.1, 0.15) is 10.6 Å². The standard InChI is InChI=1S/C15H13N5O2/c16-14-18-15(17-11-5-2-1-3-6-11)20(19-14)13(21)9-8-12-7-4-10-22-12/h1-10H,(H3,16,17,18,19). The van der Waals surface area contributed by atoms with Gasteiger partial charge in [0.15, 0.2) is 0 Å². The van der Waals surface area contributed by atoms with Gasteiger partial charge in [0.05, 0.1) is 6.26 Å². The Bertz CT molecular complexity index is 791. The van der Waals surface area contributed by atoms with E-state index in [0.29, 0.717) is 5.76 Å². The van der Waals surface area contributed by atoms with Crippen molar-refractivity contribution in [2.45, 2.75) is 0 Å². The van der Waals surface area contributed by atoms with Gasteiger partial charge in [-0.25, -0.2) is 0 Å². The Morgan fingerprint density at radius 3 is 2.77 bits per heavy atom. The molecule has 0 saturated heterocycles.